The maximum absolute atomic E-state index is 15.8. The highest BCUT2D eigenvalue weighted by Crippen LogP contribution is 2.32. The van der Waals surface area contributed by atoms with Crippen LogP contribution in [0.1, 0.15) is 53.0 Å². The minimum absolute atomic E-state index is 0.0489. The normalized spacial score (nSPS) is 12.5. The third-order valence-electron chi connectivity index (χ3n) is 9.48. The van der Waals surface area contributed by atoms with Crippen LogP contribution in [0.2, 0.25) is 0 Å². The molecule has 6 rings (SSSR count). The van der Waals surface area contributed by atoms with Crippen molar-refractivity contribution < 1.29 is 34.4 Å². The SMILES string of the molecule is CCN(CC)S(=O)(=O)c1ccc(-c2csc(Cc3cccc(CCN(CC)S(=O)(=O)c4ccc(-c5csc(Cc6cccc(C(F)(F)F)c6)n5)cc4)c3F)n2)cc1. The van der Waals surface area contributed by atoms with Crippen LogP contribution in [0.3, 0.4) is 0 Å². The van der Waals surface area contributed by atoms with Crippen LogP contribution in [-0.4, -0.2) is 61.6 Å². The number of hydrogen-bond acceptors (Lipinski definition) is 8. The van der Waals surface area contributed by atoms with Crippen LogP contribution in [-0.2, 0) is 45.5 Å². The van der Waals surface area contributed by atoms with Gasteiger partial charge in [0.25, 0.3) is 0 Å². The molecule has 6 aromatic rings. The lowest BCUT2D eigenvalue weighted by atomic mass is 10.0. The first-order chi connectivity index (χ1) is 27.1. The summed E-state index contributed by atoms with van der Waals surface area (Å²) in [6, 6.07) is 23.0. The topological polar surface area (TPSA) is 101 Å². The van der Waals surface area contributed by atoms with Crippen molar-refractivity contribution in [3.63, 3.8) is 0 Å². The molecule has 0 aliphatic carbocycles. The molecule has 8 nitrogen and oxygen atoms in total. The van der Waals surface area contributed by atoms with Gasteiger partial charge in [-0.1, -0.05) is 81.4 Å². The van der Waals surface area contributed by atoms with Gasteiger partial charge >= 0.3 is 6.18 Å². The molecule has 0 aliphatic heterocycles. The van der Waals surface area contributed by atoms with Gasteiger partial charge < -0.3 is 0 Å². The molecule has 0 saturated carbocycles. The summed E-state index contributed by atoms with van der Waals surface area (Å²) in [5, 5.41) is 4.93. The summed E-state index contributed by atoms with van der Waals surface area (Å²) < 4.78 is 111. The molecule has 0 atom stereocenters. The number of aromatic nitrogens is 2. The van der Waals surface area contributed by atoms with E-state index in [1.165, 1.54) is 49.5 Å². The Morgan fingerprint density at radius 1 is 0.632 bits per heavy atom. The van der Waals surface area contributed by atoms with E-state index in [1.54, 1.807) is 86.8 Å². The van der Waals surface area contributed by atoms with Crippen LogP contribution in [0.25, 0.3) is 22.5 Å². The number of thiazole rings is 2. The minimum Gasteiger partial charge on any atom is -0.241 e. The molecule has 0 amide bonds. The molecule has 0 bridgehead atoms. The molecule has 0 spiro atoms. The first-order valence-corrected chi connectivity index (χ1v) is 22.8. The number of halogens is 4. The summed E-state index contributed by atoms with van der Waals surface area (Å²) in [6.45, 7) is 6.27. The van der Waals surface area contributed by atoms with Gasteiger partial charge in [-0.05, 0) is 53.4 Å². The Morgan fingerprint density at radius 2 is 1.12 bits per heavy atom. The largest absolute Gasteiger partial charge is 0.416 e. The standard InChI is InChI=1S/C41H40F4N4O4S4/c1-4-48(5-2)56(50,51)34-17-13-30(14-18-34)37-27-55-39(47-37)25-32-11-8-10-31(40(32)42)21-22-49(6-3)57(52,53)35-19-15-29(16-20-35)36-26-54-38(46-36)24-28-9-7-12-33(23-28)41(43,44)45/h7-20,23,26-27H,4-6,21-22,24-25H2,1-3H3. The van der Waals surface area contributed by atoms with Gasteiger partial charge in [-0.15, -0.1) is 22.7 Å². The predicted octanol–water partition coefficient (Wildman–Crippen LogP) is 9.56. The van der Waals surface area contributed by atoms with Crippen LogP contribution in [0.4, 0.5) is 17.6 Å². The fourth-order valence-corrected chi connectivity index (χ4v) is 10.9. The molecule has 0 radical (unpaired) electrons. The second-order valence-electron chi connectivity index (χ2n) is 13.1. The number of alkyl halides is 3. The number of likely N-dealkylation sites (N-methyl/N-ethyl adjacent to an activating group) is 1. The fourth-order valence-electron chi connectivity index (χ4n) is 6.36. The van der Waals surface area contributed by atoms with Gasteiger partial charge in [0.05, 0.1) is 36.8 Å². The van der Waals surface area contributed by atoms with Gasteiger partial charge in [-0.3, -0.25) is 0 Å². The van der Waals surface area contributed by atoms with Crippen LogP contribution >= 0.6 is 22.7 Å². The molecule has 57 heavy (non-hydrogen) atoms. The highest BCUT2D eigenvalue weighted by molar-refractivity contribution is 7.89. The molecule has 0 fully saturated rings. The Labute approximate surface area is 338 Å². The highest BCUT2D eigenvalue weighted by atomic mass is 32.2. The van der Waals surface area contributed by atoms with Crippen molar-refractivity contribution in [1.29, 1.82) is 0 Å². The molecule has 0 aliphatic rings. The van der Waals surface area contributed by atoms with E-state index in [-0.39, 0.29) is 42.1 Å². The second-order valence-corrected chi connectivity index (χ2v) is 18.8. The molecule has 2 heterocycles. The van der Waals surface area contributed by atoms with Gasteiger partial charge in [0.1, 0.15) is 5.82 Å². The van der Waals surface area contributed by atoms with Gasteiger partial charge in [-0.25, -0.2) is 31.2 Å². The zero-order valence-electron chi connectivity index (χ0n) is 31.3. The van der Waals surface area contributed by atoms with Crippen molar-refractivity contribution in [2.75, 3.05) is 26.2 Å². The monoisotopic (exact) mass is 856 g/mol. The zero-order valence-corrected chi connectivity index (χ0v) is 34.6. The van der Waals surface area contributed by atoms with Gasteiger partial charge in [-0.2, -0.15) is 21.8 Å². The highest BCUT2D eigenvalue weighted by Gasteiger charge is 2.30. The van der Waals surface area contributed by atoms with Crippen molar-refractivity contribution in [1.82, 2.24) is 18.6 Å². The van der Waals surface area contributed by atoms with Crippen LogP contribution < -0.4 is 0 Å². The first-order valence-electron chi connectivity index (χ1n) is 18.2. The number of sulfonamides is 2. The third kappa shape index (κ3) is 9.70. The molecule has 0 unspecified atom stereocenters. The summed E-state index contributed by atoms with van der Waals surface area (Å²) in [4.78, 5) is 9.53. The molecule has 0 N–H and O–H groups in total. The van der Waals surface area contributed by atoms with Gasteiger partial charge in [0.2, 0.25) is 20.0 Å². The maximum atomic E-state index is 15.8. The second kappa shape index (κ2) is 17.7. The number of hydrogen-bond donors (Lipinski definition) is 0. The predicted molar refractivity (Wildman–Crippen MR) is 217 cm³/mol. The van der Waals surface area contributed by atoms with Crippen LogP contribution in [0, 0.1) is 5.82 Å². The summed E-state index contributed by atoms with van der Waals surface area (Å²) >= 11 is 2.68. The Hall–Kier alpha value is -4.32. The van der Waals surface area contributed by atoms with E-state index in [4.69, 9.17) is 0 Å². The van der Waals surface area contributed by atoms with Crippen LogP contribution in [0.5, 0.6) is 0 Å². The lowest BCUT2D eigenvalue weighted by Crippen LogP contribution is -2.33. The number of benzene rings is 4. The van der Waals surface area contributed by atoms with Gasteiger partial charge in [0.15, 0.2) is 0 Å². The fraction of sp³-hybridized carbons (Fsp3) is 0.268. The molecule has 16 heteroatoms. The lowest BCUT2D eigenvalue weighted by molar-refractivity contribution is -0.137. The van der Waals surface area contributed by atoms with Crippen molar-refractivity contribution >= 4 is 42.7 Å². The van der Waals surface area contributed by atoms with E-state index in [0.717, 1.165) is 17.7 Å². The summed E-state index contributed by atoms with van der Waals surface area (Å²) in [5.74, 6) is -0.422. The van der Waals surface area contributed by atoms with Crippen molar-refractivity contribution in [2.24, 2.45) is 0 Å². The minimum atomic E-state index is -4.44. The van der Waals surface area contributed by atoms with Crippen LogP contribution in [0.15, 0.2) is 112 Å². The number of nitrogens with zero attached hydrogens (tertiary/aromatic N) is 4. The first kappa shape index (κ1) is 42.3. The average molecular weight is 857 g/mol. The third-order valence-corrected chi connectivity index (χ3v) is 15.2. The summed E-state index contributed by atoms with van der Waals surface area (Å²) in [5.41, 5.74) is 3.21. The van der Waals surface area contributed by atoms with E-state index in [9.17, 15) is 30.0 Å². The molecule has 300 valence electrons. The van der Waals surface area contributed by atoms with Crippen molar-refractivity contribution in [3.8, 4) is 22.5 Å². The van der Waals surface area contributed by atoms with Gasteiger partial charge in [0, 0.05) is 60.9 Å². The van der Waals surface area contributed by atoms with E-state index >= 15 is 4.39 Å². The molecule has 0 saturated heterocycles. The molecule has 2 aromatic heterocycles. The molecular weight excluding hydrogens is 817 g/mol. The molecular formula is C41H40F4N4O4S4. The van der Waals surface area contributed by atoms with E-state index in [2.05, 4.69) is 9.97 Å². The summed E-state index contributed by atoms with van der Waals surface area (Å²) in [6.07, 6.45) is -3.84. The smallest absolute Gasteiger partial charge is 0.241 e. The summed E-state index contributed by atoms with van der Waals surface area (Å²) in [7, 11) is -7.52. The van der Waals surface area contributed by atoms with Crippen molar-refractivity contribution in [2.45, 2.75) is 56.0 Å². The Balaban J connectivity index is 1.08. The quantitative estimate of drug-likeness (QED) is 0.0900. The maximum Gasteiger partial charge on any atom is 0.416 e. The Kier molecular flexibility index (Phi) is 13.1. The van der Waals surface area contributed by atoms with E-state index < -0.39 is 37.6 Å². The zero-order chi connectivity index (χ0) is 41.0. The average Bonchev–Trinajstić information content (AvgIpc) is 3.87. The molecule has 4 aromatic carbocycles. The number of rotatable bonds is 16. The van der Waals surface area contributed by atoms with E-state index in [1.807, 2.05) is 5.38 Å². The lowest BCUT2D eigenvalue weighted by Gasteiger charge is -2.21. The Morgan fingerprint density at radius 3 is 1.65 bits per heavy atom. The van der Waals surface area contributed by atoms with Crippen molar-refractivity contribution in [3.05, 3.63) is 140 Å². The van der Waals surface area contributed by atoms with E-state index in [0.29, 0.717) is 56.7 Å². The Bertz CT molecular complexity index is 2530.